The average molecular weight is 266 g/mol. The Balaban J connectivity index is 1.83. The first-order chi connectivity index (χ1) is 8.89. The molecule has 2 heterocycles. The van der Waals surface area contributed by atoms with Crippen LogP contribution in [0.25, 0.3) is 0 Å². The minimum atomic E-state index is -0.720. The van der Waals surface area contributed by atoms with Crippen LogP contribution in [0.5, 0.6) is 0 Å². The van der Waals surface area contributed by atoms with Crippen molar-refractivity contribution in [2.45, 2.75) is 51.7 Å². The summed E-state index contributed by atoms with van der Waals surface area (Å²) in [6, 6.07) is 0. The summed E-state index contributed by atoms with van der Waals surface area (Å²) in [5.74, 6) is 0.974. The number of carbonyl (C=O) groups excluding carboxylic acids is 1. The summed E-state index contributed by atoms with van der Waals surface area (Å²) < 4.78 is 5.87. The second-order valence-electron chi connectivity index (χ2n) is 7.28. The Morgan fingerprint density at radius 3 is 2.74 bits per heavy atom. The van der Waals surface area contributed by atoms with Crippen molar-refractivity contribution in [3.8, 4) is 0 Å². The molecule has 3 fully saturated rings. The Bertz CT molecular complexity index is 396. The van der Waals surface area contributed by atoms with Crippen molar-refractivity contribution in [3.05, 3.63) is 0 Å². The highest BCUT2D eigenvalue weighted by Crippen LogP contribution is 2.58. The van der Waals surface area contributed by atoms with Crippen LogP contribution in [0.4, 0.5) is 0 Å². The van der Waals surface area contributed by atoms with E-state index in [9.17, 15) is 4.79 Å². The lowest BCUT2D eigenvalue weighted by Gasteiger charge is -2.65. The number of carbonyl (C=O) groups is 1. The predicted octanol–water partition coefficient (Wildman–Crippen LogP) is 1.39. The van der Waals surface area contributed by atoms with Crippen LogP contribution in [0.15, 0.2) is 0 Å². The molecule has 1 aliphatic carbocycles. The van der Waals surface area contributed by atoms with Gasteiger partial charge in [0, 0.05) is 31.0 Å². The minimum absolute atomic E-state index is 0.161. The van der Waals surface area contributed by atoms with Gasteiger partial charge in [-0.3, -0.25) is 4.79 Å². The molecule has 0 bridgehead atoms. The van der Waals surface area contributed by atoms with Gasteiger partial charge in [-0.05, 0) is 25.2 Å². The minimum Gasteiger partial charge on any atom is -0.377 e. The molecule has 2 aliphatic heterocycles. The summed E-state index contributed by atoms with van der Waals surface area (Å²) in [7, 11) is 0. The van der Waals surface area contributed by atoms with E-state index >= 15 is 0 Å². The highest BCUT2D eigenvalue weighted by Gasteiger charge is 2.70. The number of ether oxygens (including phenoxy) is 1. The second-order valence-corrected chi connectivity index (χ2v) is 7.28. The summed E-state index contributed by atoms with van der Waals surface area (Å²) in [6.45, 7) is 8.94. The maximum atomic E-state index is 12.9. The van der Waals surface area contributed by atoms with E-state index in [1.54, 1.807) is 0 Å². The molecule has 0 aromatic carbocycles. The number of nitrogens with zero attached hydrogens (tertiary/aromatic N) is 1. The zero-order chi connectivity index (χ0) is 13.8. The van der Waals surface area contributed by atoms with Crippen LogP contribution < -0.4 is 5.73 Å². The van der Waals surface area contributed by atoms with Crippen molar-refractivity contribution >= 4 is 5.91 Å². The smallest absolute Gasteiger partial charge is 0.243 e. The second kappa shape index (κ2) is 4.19. The van der Waals surface area contributed by atoms with Gasteiger partial charge in [0.25, 0.3) is 0 Å². The molecule has 2 saturated heterocycles. The van der Waals surface area contributed by atoms with Gasteiger partial charge < -0.3 is 15.4 Å². The lowest BCUT2D eigenvalue weighted by Crippen LogP contribution is -2.82. The highest BCUT2D eigenvalue weighted by atomic mass is 16.5. The zero-order valence-corrected chi connectivity index (χ0v) is 12.3. The van der Waals surface area contributed by atoms with E-state index in [4.69, 9.17) is 10.5 Å². The van der Waals surface area contributed by atoms with E-state index < -0.39 is 5.54 Å². The topological polar surface area (TPSA) is 55.6 Å². The molecule has 108 valence electrons. The van der Waals surface area contributed by atoms with Crippen molar-refractivity contribution in [1.29, 1.82) is 0 Å². The van der Waals surface area contributed by atoms with Crippen LogP contribution in [0.1, 0.15) is 40.0 Å². The molecule has 2 N–H and O–H groups in total. The van der Waals surface area contributed by atoms with Gasteiger partial charge in [0.05, 0.1) is 6.10 Å². The molecule has 1 amide bonds. The summed E-state index contributed by atoms with van der Waals surface area (Å²) >= 11 is 0. The first-order valence-electron chi connectivity index (χ1n) is 7.59. The molecule has 4 atom stereocenters. The Morgan fingerprint density at radius 1 is 1.37 bits per heavy atom. The fourth-order valence-electron chi connectivity index (χ4n) is 4.39. The van der Waals surface area contributed by atoms with Gasteiger partial charge in [-0.2, -0.15) is 0 Å². The number of rotatable bonds is 1. The third-order valence-electron chi connectivity index (χ3n) is 5.75. The van der Waals surface area contributed by atoms with Gasteiger partial charge in [-0.25, -0.2) is 0 Å². The normalized spacial score (nSPS) is 44.6. The van der Waals surface area contributed by atoms with E-state index in [1.807, 2.05) is 4.90 Å². The molecular weight excluding hydrogens is 240 g/mol. The monoisotopic (exact) mass is 266 g/mol. The van der Waals surface area contributed by atoms with Gasteiger partial charge >= 0.3 is 0 Å². The van der Waals surface area contributed by atoms with E-state index in [1.165, 1.54) is 0 Å². The number of amides is 1. The first-order valence-corrected chi connectivity index (χ1v) is 7.59. The Morgan fingerprint density at radius 2 is 2.11 bits per heavy atom. The van der Waals surface area contributed by atoms with E-state index in [0.717, 1.165) is 39.0 Å². The fourth-order valence-corrected chi connectivity index (χ4v) is 4.39. The molecule has 4 nitrogen and oxygen atoms in total. The summed E-state index contributed by atoms with van der Waals surface area (Å²) in [5, 5.41) is 0. The summed E-state index contributed by atoms with van der Waals surface area (Å²) in [5.41, 5.74) is 5.66. The number of hydrogen-bond acceptors (Lipinski definition) is 3. The molecule has 0 radical (unpaired) electrons. The van der Waals surface area contributed by atoms with Gasteiger partial charge in [0.2, 0.25) is 5.91 Å². The van der Waals surface area contributed by atoms with Crippen molar-refractivity contribution in [2.24, 2.45) is 23.0 Å². The standard InChI is InChI=1S/C15H26N2O2/c1-10-6-7-17(9-10)13(18)15(16)11-5-4-8-19-12(11)14(15,2)3/h10-12H,4-9,16H2,1-3H3. The number of likely N-dealkylation sites (tertiary alicyclic amines) is 1. The third-order valence-corrected chi connectivity index (χ3v) is 5.75. The fraction of sp³-hybridized carbons (Fsp3) is 0.933. The quantitative estimate of drug-likeness (QED) is 0.780. The molecular formula is C15H26N2O2. The van der Waals surface area contributed by atoms with Gasteiger partial charge in [0.15, 0.2) is 0 Å². The number of hydrogen-bond donors (Lipinski definition) is 1. The van der Waals surface area contributed by atoms with Crippen molar-refractivity contribution < 1.29 is 9.53 Å². The largest absolute Gasteiger partial charge is 0.377 e. The molecule has 19 heavy (non-hydrogen) atoms. The third kappa shape index (κ3) is 1.62. The lowest BCUT2D eigenvalue weighted by molar-refractivity contribution is -0.229. The van der Waals surface area contributed by atoms with Crippen LogP contribution in [0.2, 0.25) is 0 Å². The Labute approximate surface area is 115 Å². The molecule has 0 aromatic rings. The molecule has 3 rings (SSSR count). The zero-order valence-electron chi connectivity index (χ0n) is 12.3. The van der Waals surface area contributed by atoms with Crippen LogP contribution in [0, 0.1) is 17.3 Å². The molecule has 4 heteroatoms. The van der Waals surface area contributed by atoms with Gasteiger partial charge in [-0.1, -0.05) is 20.8 Å². The number of fused-ring (bicyclic) bond motifs is 1. The van der Waals surface area contributed by atoms with Gasteiger partial charge in [0.1, 0.15) is 5.54 Å². The van der Waals surface area contributed by atoms with E-state index in [0.29, 0.717) is 5.92 Å². The average Bonchev–Trinajstić information content (AvgIpc) is 2.83. The number of nitrogens with two attached hydrogens (primary N) is 1. The summed E-state index contributed by atoms with van der Waals surface area (Å²) in [4.78, 5) is 14.9. The molecule has 1 saturated carbocycles. The van der Waals surface area contributed by atoms with Gasteiger partial charge in [-0.15, -0.1) is 0 Å². The van der Waals surface area contributed by atoms with Crippen LogP contribution in [0.3, 0.4) is 0 Å². The van der Waals surface area contributed by atoms with E-state index in [-0.39, 0.29) is 23.3 Å². The SMILES string of the molecule is CC1CCN(C(=O)C2(N)C3CCCOC3C2(C)C)C1. The van der Waals surface area contributed by atoms with E-state index in [2.05, 4.69) is 20.8 Å². The predicted molar refractivity (Wildman–Crippen MR) is 73.5 cm³/mol. The maximum Gasteiger partial charge on any atom is 0.243 e. The maximum absolute atomic E-state index is 12.9. The van der Waals surface area contributed by atoms with Crippen LogP contribution in [-0.2, 0) is 9.53 Å². The van der Waals surface area contributed by atoms with Crippen molar-refractivity contribution in [1.82, 2.24) is 4.90 Å². The van der Waals surface area contributed by atoms with Crippen molar-refractivity contribution in [2.75, 3.05) is 19.7 Å². The first kappa shape index (κ1) is 13.4. The van der Waals surface area contributed by atoms with Crippen molar-refractivity contribution in [3.63, 3.8) is 0 Å². The lowest BCUT2D eigenvalue weighted by atomic mass is 9.46. The Kier molecular flexibility index (Phi) is 2.95. The molecule has 3 aliphatic rings. The molecule has 0 aromatic heterocycles. The highest BCUT2D eigenvalue weighted by molar-refractivity contribution is 5.89. The van der Waals surface area contributed by atoms with Crippen LogP contribution >= 0.6 is 0 Å². The molecule has 0 spiro atoms. The van der Waals surface area contributed by atoms with Crippen LogP contribution in [-0.4, -0.2) is 42.1 Å². The Hall–Kier alpha value is -0.610. The summed E-state index contributed by atoms with van der Waals surface area (Å²) in [6.07, 6.45) is 3.32. The molecule has 4 unspecified atom stereocenters.